The molecule has 0 bridgehead atoms. The van der Waals surface area contributed by atoms with Crippen LogP contribution in [-0.2, 0) is 0 Å². The molecule has 0 amide bonds. The van der Waals surface area contributed by atoms with E-state index in [-0.39, 0.29) is 5.56 Å². The van der Waals surface area contributed by atoms with Crippen molar-refractivity contribution in [3.63, 3.8) is 0 Å². The molecule has 0 atom stereocenters. The smallest absolute Gasteiger partial charge is 0.344 e. The first kappa shape index (κ1) is 14.6. The lowest BCUT2D eigenvalue weighted by molar-refractivity contribution is 0.0698. The largest absolute Gasteiger partial charge is 0.478 e. The third-order valence-corrected chi connectivity index (χ3v) is 4.69. The minimum Gasteiger partial charge on any atom is -0.478 e. The SMILES string of the molecule is O=C(O)c1cccc2c1N=C/C2=c1/oc(=O)c2cccc3cccc1c32. The summed E-state index contributed by atoms with van der Waals surface area (Å²) < 4.78 is 5.65. The van der Waals surface area contributed by atoms with Crippen LogP contribution < -0.4 is 11.0 Å². The summed E-state index contributed by atoms with van der Waals surface area (Å²) in [5.74, 6) is -1.04. The average Bonchev–Trinajstić information content (AvgIpc) is 3.08. The molecule has 0 radical (unpaired) electrons. The molecule has 4 aromatic rings. The highest BCUT2D eigenvalue weighted by Crippen LogP contribution is 2.34. The molecule has 124 valence electrons. The van der Waals surface area contributed by atoms with Gasteiger partial charge in [-0.05, 0) is 17.5 Å². The van der Waals surface area contributed by atoms with Gasteiger partial charge in [0, 0.05) is 28.1 Å². The molecule has 2 heterocycles. The van der Waals surface area contributed by atoms with Gasteiger partial charge in [0.15, 0.2) is 0 Å². The Bertz CT molecular complexity index is 1370. The molecule has 0 unspecified atom stereocenters. The third-order valence-electron chi connectivity index (χ3n) is 4.69. The van der Waals surface area contributed by atoms with Gasteiger partial charge in [-0.3, -0.25) is 4.99 Å². The lowest BCUT2D eigenvalue weighted by Crippen LogP contribution is -2.16. The Balaban J connectivity index is 1.99. The fourth-order valence-electron chi connectivity index (χ4n) is 3.56. The summed E-state index contributed by atoms with van der Waals surface area (Å²) in [5, 5.41) is 12.5. The molecular formula is C21H11NO4. The summed E-state index contributed by atoms with van der Waals surface area (Å²) in [4.78, 5) is 28.2. The van der Waals surface area contributed by atoms with Crippen molar-refractivity contribution in [3.05, 3.63) is 81.6 Å². The Morgan fingerprint density at radius 3 is 2.46 bits per heavy atom. The van der Waals surface area contributed by atoms with Gasteiger partial charge in [-0.15, -0.1) is 0 Å². The molecule has 5 nitrogen and oxygen atoms in total. The molecule has 0 fully saturated rings. The second-order valence-electron chi connectivity index (χ2n) is 6.11. The number of benzene rings is 3. The minimum atomic E-state index is -1.04. The van der Waals surface area contributed by atoms with Gasteiger partial charge >= 0.3 is 11.6 Å². The second-order valence-corrected chi connectivity index (χ2v) is 6.11. The van der Waals surface area contributed by atoms with Crippen LogP contribution in [-0.4, -0.2) is 17.3 Å². The molecule has 0 spiro atoms. The Kier molecular flexibility index (Phi) is 2.88. The van der Waals surface area contributed by atoms with Crippen molar-refractivity contribution in [1.29, 1.82) is 0 Å². The van der Waals surface area contributed by atoms with Gasteiger partial charge in [-0.2, -0.15) is 0 Å². The number of carbonyl (C=O) groups is 1. The van der Waals surface area contributed by atoms with Crippen molar-refractivity contribution >= 4 is 45.0 Å². The van der Waals surface area contributed by atoms with Gasteiger partial charge in [0.05, 0.1) is 16.6 Å². The molecule has 26 heavy (non-hydrogen) atoms. The molecule has 0 aliphatic carbocycles. The molecule has 5 rings (SSSR count). The first-order valence-corrected chi connectivity index (χ1v) is 8.04. The summed E-state index contributed by atoms with van der Waals surface area (Å²) in [6, 6.07) is 16.2. The maximum Gasteiger partial charge on any atom is 0.344 e. The molecule has 1 aliphatic heterocycles. The van der Waals surface area contributed by atoms with Crippen LogP contribution in [0.5, 0.6) is 0 Å². The molecule has 3 aromatic carbocycles. The number of nitrogens with zero attached hydrogens (tertiary/aromatic N) is 1. The monoisotopic (exact) mass is 341 g/mol. The van der Waals surface area contributed by atoms with Gasteiger partial charge in [0.1, 0.15) is 5.42 Å². The first-order chi connectivity index (χ1) is 12.6. The van der Waals surface area contributed by atoms with Crippen LogP contribution in [0.25, 0.3) is 27.1 Å². The zero-order chi connectivity index (χ0) is 17.8. The standard InChI is InChI=1S/C21H11NO4/c23-20(24)15-9-3-6-12-16(10-22-18(12)15)19-13-7-1-4-11-5-2-8-14(17(11)13)21(25)26-19/h1-10H,(H,23,24)/b19-16-. The Labute approximate surface area is 146 Å². The molecule has 1 aliphatic rings. The summed E-state index contributed by atoms with van der Waals surface area (Å²) in [6.45, 7) is 0. The number of hydrogen-bond acceptors (Lipinski definition) is 4. The molecule has 1 N–H and O–H groups in total. The van der Waals surface area contributed by atoms with E-state index >= 15 is 0 Å². The molecule has 5 heteroatoms. The van der Waals surface area contributed by atoms with E-state index < -0.39 is 11.6 Å². The van der Waals surface area contributed by atoms with Crippen LogP contribution in [0.3, 0.4) is 0 Å². The molecule has 0 saturated heterocycles. The third kappa shape index (κ3) is 1.88. The number of carboxylic acid groups (broad SMARTS) is 1. The Hall–Kier alpha value is -3.73. The van der Waals surface area contributed by atoms with E-state index in [2.05, 4.69) is 4.99 Å². The molecular weight excluding hydrogens is 330 g/mol. The van der Waals surface area contributed by atoms with Crippen LogP contribution >= 0.6 is 0 Å². The number of hydrogen-bond donors (Lipinski definition) is 1. The van der Waals surface area contributed by atoms with Crippen molar-refractivity contribution in [2.45, 2.75) is 0 Å². The lowest BCUT2D eigenvalue weighted by Gasteiger charge is -2.06. The first-order valence-electron chi connectivity index (χ1n) is 8.04. The average molecular weight is 341 g/mol. The van der Waals surface area contributed by atoms with Crippen LogP contribution in [0.1, 0.15) is 15.9 Å². The normalized spacial score (nSPS) is 14.9. The lowest BCUT2D eigenvalue weighted by atomic mass is 9.99. The van der Waals surface area contributed by atoms with E-state index in [1.165, 1.54) is 6.07 Å². The van der Waals surface area contributed by atoms with Gasteiger partial charge in [0.25, 0.3) is 0 Å². The maximum atomic E-state index is 12.5. The van der Waals surface area contributed by atoms with E-state index in [1.54, 1.807) is 24.4 Å². The van der Waals surface area contributed by atoms with E-state index in [0.717, 1.165) is 16.2 Å². The van der Waals surface area contributed by atoms with Gasteiger partial charge in [-0.1, -0.05) is 42.5 Å². The van der Waals surface area contributed by atoms with Crippen molar-refractivity contribution < 1.29 is 14.3 Å². The predicted octanol–water partition coefficient (Wildman–Crippen LogP) is 3.28. The summed E-state index contributed by atoms with van der Waals surface area (Å²) >= 11 is 0. The molecule has 0 saturated carbocycles. The Morgan fingerprint density at radius 2 is 1.69 bits per heavy atom. The molecule has 1 aromatic heterocycles. The van der Waals surface area contributed by atoms with E-state index in [9.17, 15) is 14.7 Å². The van der Waals surface area contributed by atoms with Crippen molar-refractivity contribution in [3.8, 4) is 0 Å². The fourth-order valence-corrected chi connectivity index (χ4v) is 3.56. The maximum absolute atomic E-state index is 12.5. The van der Waals surface area contributed by atoms with Crippen molar-refractivity contribution in [2.24, 2.45) is 4.99 Å². The summed E-state index contributed by atoms with van der Waals surface area (Å²) in [6.07, 6.45) is 1.56. The highest BCUT2D eigenvalue weighted by molar-refractivity contribution is 6.20. The van der Waals surface area contributed by atoms with Crippen molar-refractivity contribution in [2.75, 3.05) is 0 Å². The predicted molar refractivity (Wildman–Crippen MR) is 99.3 cm³/mol. The van der Waals surface area contributed by atoms with E-state index in [0.29, 0.717) is 27.6 Å². The fraction of sp³-hybridized carbons (Fsp3) is 0. The van der Waals surface area contributed by atoms with E-state index in [4.69, 9.17) is 4.42 Å². The quantitative estimate of drug-likeness (QED) is 0.576. The number of fused-ring (bicyclic) bond motifs is 1. The van der Waals surface area contributed by atoms with Crippen LogP contribution in [0.2, 0.25) is 0 Å². The highest BCUT2D eigenvalue weighted by atomic mass is 16.4. The van der Waals surface area contributed by atoms with Gasteiger partial charge in [-0.25, -0.2) is 9.59 Å². The topological polar surface area (TPSA) is 79.9 Å². The van der Waals surface area contributed by atoms with Gasteiger partial charge in [0.2, 0.25) is 0 Å². The summed E-state index contributed by atoms with van der Waals surface area (Å²) in [5.41, 5.74) is 1.74. The second kappa shape index (κ2) is 5.13. The van der Waals surface area contributed by atoms with Crippen LogP contribution in [0.4, 0.5) is 5.69 Å². The van der Waals surface area contributed by atoms with Crippen LogP contribution in [0.15, 0.2) is 68.8 Å². The number of para-hydroxylation sites is 1. The van der Waals surface area contributed by atoms with E-state index in [1.807, 2.05) is 30.3 Å². The number of aliphatic imine (C=N–C) groups is 1. The minimum absolute atomic E-state index is 0.120. The summed E-state index contributed by atoms with van der Waals surface area (Å²) in [7, 11) is 0. The van der Waals surface area contributed by atoms with Gasteiger partial charge < -0.3 is 9.52 Å². The zero-order valence-corrected chi connectivity index (χ0v) is 13.4. The Morgan fingerprint density at radius 1 is 0.962 bits per heavy atom. The number of rotatable bonds is 1. The number of aromatic carboxylic acids is 1. The highest BCUT2D eigenvalue weighted by Gasteiger charge is 2.22. The zero-order valence-electron chi connectivity index (χ0n) is 13.4. The van der Waals surface area contributed by atoms with Crippen LogP contribution in [0, 0.1) is 0 Å². The number of carboxylic acids is 1. The van der Waals surface area contributed by atoms with Crippen molar-refractivity contribution in [1.82, 2.24) is 0 Å².